The van der Waals surface area contributed by atoms with E-state index in [1.807, 2.05) is 38.1 Å². The minimum Gasteiger partial charge on any atom is -0.251 e. The minimum atomic E-state index is -1.15. The molecule has 0 fully saturated rings. The molecule has 1 aromatic heterocycles. The van der Waals surface area contributed by atoms with Gasteiger partial charge in [-0.3, -0.25) is 4.21 Å². The molecule has 0 spiro atoms. The fraction of sp³-hybridized carbons (Fsp3) is 0.300. The maximum atomic E-state index is 11.7. The average molecular weight is 236 g/mol. The highest BCUT2D eigenvalue weighted by Crippen LogP contribution is 2.11. The van der Waals surface area contributed by atoms with Crippen molar-refractivity contribution in [1.29, 1.82) is 0 Å². The Labute approximate surface area is 95.9 Å². The monoisotopic (exact) mass is 236 g/mol. The highest BCUT2D eigenvalue weighted by atomic mass is 32.2. The van der Waals surface area contributed by atoms with Gasteiger partial charge in [-0.1, -0.05) is 29.7 Å². The summed E-state index contributed by atoms with van der Waals surface area (Å²) in [7, 11) is -1.15. The zero-order chi connectivity index (χ0) is 11.5. The van der Waals surface area contributed by atoms with Crippen LogP contribution in [0.3, 0.4) is 0 Å². The lowest BCUT2D eigenvalue weighted by molar-refractivity contribution is 0.667. The van der Waals surface area contributed by atoms with E-state index >= 15 is 0 Å². The van der Waals surface area contributed by atoms with Crippen molar-refractivity contribution < 1.29 is 4.21 Å². The van der Waals surface area contributed by atoms with Crippen molar-refractivity contribution in [3.05, 3.63) is 29.8 Å². The standard InChI is InChI=1S/C10H12N4OS/c1-3-16(15)10-11-12-13-14(10)9-6-4-8(2)5-7-9/h4-7H,3H2,1-2H3. The SMILES string of the molecule is CCS(=O)c1nnnn1-c1ccc(C)cc1. The van der Waals surface area contributed by atoms with Gasteiger partial charge in [-0.05, 0) is 29.5 Å². The second kappa shape index (κ2) is 4.52. The first-order chi connectivity index (χ1) is 7.72. The molecule has 0 N–H and O–H groups in total. The number of rotatable bonds is 3. The summed E-state index contributed by atoms with van der Waals surface area (Å²) in [5.74, 6) is 0.506. The Bertz CT molecular complexity index is 506. The van der Waals surface area contributed by atoms with Gasteiger partial charge in [0, 0.05) is 5.75 Å². The van der Waals surface area contributed by atoms with E-state index < -0.39 is 10.8 Å². The second-order valence-corrected chi connectivity index (χ2v) is 4.98. The highest BCUT2D eigenvalue weighted by molar-refractivity contribution is 7.84. The third kappa shape index (κ3) is 2.01. The molecule has 2 rings (SSSR count). The molecule has 0 saturated carbocycles. The third-order valence-electron chi connectivity index (χ3n) is 2.19. The molecule has 0 aliphatic rings. The second-order valence-electron chi connectivity index (χ2n) is 3.34. The first kappa shape index (κ1) is 10.9. The molecule has 0 saturated heterocycles. The summed E-state index contributed by atoms with van der Waals surface area (Å²) < 4.78 is 13.2. The van der Waals surface area contributed by atoms with Gasteiger partial charge < -0.3 is 0 Å². The molecule has 0 aliphatic heterocycles. The van der Waals surface area contributed by atoms with Crippen molar-refractivity contribution in [1.82, 2.24) is 20.2 Å². The Balaban J connectivity index is 2.44. The Morgan fingerprint density at radius 1 is 1.31 bits per heavy atom. The summed E-state index contributed by atoms with van der Waals surface area (Å²) in [6, 6.07) is 7.75. The number of hydrogen-bond acceptors (Lipinski definition) is 4. The fourth-order valence-electron chi connectivity index (χ4n) is 1.30. The van der Waals surface area contributed by atoms with Crippen LogP contribution in [0.1, 0.15) is 12.5 Å². The molecule has 0 bridgehead atoms. The van der Waals surface area contributed by atoms with Crippen LogP contribution in [0, 0.1) is 6.92 Å². The van der Waals surface area contributed by atoms with Crippen LogP contribution in [0.15, 0.2) is 29.4 Å². The predicted octanol–water partition coefficient (Wildman–Crippen LogP) is 1.10. The summed E-state index contributed by atoms with van der Waals surface area (Å²) in [4.78, 5) is 0. The number of aromatic nitrogens is 4. The molecular weight excluding hydrogens is 224 g/mol. The highest BCUT2D eigenvalue weighted by Gasteiger charge is 2.13. The third-order valence-corrected chi connectivity index (χ3v) is 3.37. The summed E-state index contributed by atoms with van der Waals surface area (Å²) in [6.07, 6.45) is 0. The molecule has 84 valence electrons. The zero-order valence-corrected chi connectivity index (χ0v) is 9.94. The first-order valence-electron chi connectivity index (χ1n) is 4.96. The lowest BCUT2D eigenvalue weighted by Crippen LogP contribution is -2.06. The molecule has 6 heteroatoms. The smallest absolute Gasteiger partial charge is 0.244 e. The molecule has 1 atom stereocenters. The minimum absolute atomic E-state index is 0.395. The molecule has 16 heavy (non-hydrogen) atoms. The average Bonchev–Trinajstić information content (AvgIpc) is 2.78. The van der Waals surface area contributed by atoms with Crippen molar-refractivity contribution in [3.63, 3.8) is 0 Å². The van der Waals surface area contributed by atoms with Crippen LogP contribution in [0.5, 0.6) is 0 Å². The maximum Gasteiger partial charge on any atom is 0.244 e. The number of benzene rings is 1. The molecule has 1 heterocycles. The molecule has 0 aliphatic carbocycles. The molecule has 5 nitrogen and oxygen atoms in total. The molecule has 1 unspecified atom stereocenters. The Kier molecular flexibility index (Phi) is 3.09. The van der Waals surface area contributed by atoms with Crippen molar-refractivity contribution >= 4 is 10.8 Å². The molecule has 0 radical (unpaired) electrons. The van der Waals surface area contributed by atoms with E-state index in [0.717, 1.165) is 11.3 Å². The van der Waals surface area contributed by atoms with Crippen LogP contribution in [-0.2, 0) is 10.8 Å². The van der Waals surface area contributed by atoms with Gasteiger partial charge in [0.05, 0.1) is 16.5 Å². The first-order valence-corrected chi connectivity index (χ1v) is 6.28. The van der Waals surface area contributed by atoms with Crippen LogP contribution >= 0.6 is 0 Å². The number of nitrogens with zero attached hydrogens (tertiary/aromatic N) is 4. The van der Waals surface area contributed by atoms with Gasteiger partial charge in [0.25, 0.3) is 0 Å². The number of aryl methyl sites for hydroxylation is 1. The van der Waals surface area contributed by atoms with E-state index in [1.54, 1.807) is 0 Å². The van der Waals surface area contributed by atoms with Gasteiger partial charge in [-0.25, -0.2) is 0 Å². The van der Waals surface area contributed by atoms with Gasteiger partial charge in [0.1, 0.15) is 0 Å². The lowest BCUT2D eigenvalue weighted by Gasteiger charge is -2.03. The van der Waals surface area contributed by atoms with Crippen molar-refractivity contribution in [2.24, 2.45) is 0 Å². The number of hydrogen-bond donors (Lipinski definition) is 0. The molecular formula is C10H12N4OS. The normalized spacial score (nSPS) is 12.6. The summed E-state index contributed by atoms with van der Waals surface area (Å²) in [5, 5.41) is 11.6. The van der Waals surface area contributed by atoms with E-state index in [4.69, 9.17) is 0 Å². The van der Waals surface area contributed by atoms with Gasteiger partial charge in [0.15, 0.2) is 0 Å². The maximum absolute atomic E-state index is 11.7. The fourth-order valence-corrected chi connectivity index (χ4v) is 2.02. The van der Waals surface area contributed by atoms with E-state index in [-0.39, 0.29) is 0 Å². The Morgan fingerprint density at radius 2 is 2.00 bits per heavy atom. The summed E-state index contributed by atoms with van der Waals surface area (Å²) >= 11 is 0. The van der Waals surface area contributed by atoms with Gasteiger partial charge >= 0.3 is 0 Å². The quantitative estimate of drug-likeness (QED) is 0.800. The largest absolute Gasteiger partial charge is 0.251 e. The number of tetrazole rings is 1. The Hall–Kier alpha value is -1.56. The van der Waals surface area contributed by atoms with Crippen molar-refractivity contribution in [2.75, 3.05) is 5.75 Å². The zero-order valence-electron chi connectivity index (χ0n) is 9.12. The lowest BCUT2D eigenvalue weighted by atomic mass is 10.2. The topological polar surface area (TPSA) is 60.7 Å². The predicted molar refractivity (Wildman–Crippen MR) is 60.8 cm³/mol. The van der Waals surface area contributed by atoms with Crippen LogP contribution in [0.2, 0.25) is 0 Å². The Morgan fingerprint density at radius 3 is 2.62 bits per heavy atom. The molecule has 1 aromatic carbocycles. The van der Waals surface area contributed by atoms with Gasteiger partial charge in [0.2, 0.25) is 5.16 Å². The van der Waals surface area contributed by atoms with Crippen molar-refractivity contribution in [2.45, 2.75) is 19.0 Å². The van der Waals surface area contributed by atoms with Gasteiger partial charge in [-0.2, -0.15) is 4.68 Å². The summed E-state index contributed by atoms with van der Waals surface area (Å²) in [5.41, 5.74) is 1.99. The van der Waals surface area contributed by atoms with Crippen molar-refractivity contribution in [3.8, 4) is 5.69 Å². The molecule has 2 aromatic rings. The van der Waals surface area contributed by atoms with Crippen LogP contribution < -0.4 is 0 Å². The van der Waals surface area contributed by atoms with E-state index in [2.05, 4.69) is 15.5 Å². The van der Waals surface area contributed by atoms with E-state index in [0.29, 0.717) is 10.9 Å². The van der Waals surface area contributed by atoms with Crippen LogP contribution in [0.4, 0.5) is 0 Å². The van der Waals surface area contributed by atoms with E-state index in [9.17, 15) is 4.21 Å². The van der Waals surface area contributed by atoms with Crippen LogP contribution in [-0.4, -0.2) is 30.2 Å². The van der Waals surface area contributed by atoms with Crippen LogP contribution in [0.25, 0.3) is 5.69 Å². The molecule has 0 amide bonds. The van der Waals surface area contributed by atoms with E-state index in [1.165, 1.54) is 4.68 Å². The summed E-state index contributed by atoms with van der Waals surface area (Å²) in [6.45, 7) is 3.85. The van der Waals surface area contributed by atoms with Gasteiger partial charge in [-0.15, -0.1) is 0 Å².